The summed E-state index contributed by atoms with van der Waals surface area (Å²) in [6.07, 6.45) is 0.783. The molecule has 0 aliphatic carbocycles. The van der Waals surface area contributed by atoms with Crippen molar-refractivity contribution in [3.8, 4) is 17.6 Å². The predicted molar refractivity (Wildman–Crippen MR) is 59.1 cm³/mol. The quantitative estimate of drug-likeness (QED) is 0.453. The van der Waals surface area contributed by atoms with Crippen LogP contribution in [0.15, 0.2) is 18.2 Å². The van der Waals surface area contributed by atoms with Crippen molar-refractivity contribution in [2.24, 2.45) is 0 Å². The lowest BCUT2D eigenvalue weighted by molar-refractivity contribution is 0.112. The lowest BCUT2D eigenvalue weighted by Gasteiger charge is -2.02. The molecule has 0 amide bonds. The minimum absolute atomic E-state index is 0.481. The molecule has 1 aromatic rings. The molecule has 0 heterocycles. The van der Waals surface area contributed by atoms with Gasteiger partial charge < -0.3 is 4.74 Å². The highest BCUT2D eigenvalue weighted by Crippen LogP contribution is 2.17. The molecule has 0 fully saturated rings. The molecule has 0 saturated heterocycles. The topological polar surface area (TPSA) is 26.3 Å². The first-order chi connectivity index (χ1) is 6.81. The third kappa shape index (κ3) is 2.54. The highest BCUT2D eigenvalue weighted by Gasteiger charge is 2.00. The van der Waals surface area contributed by atoms with E-state index in [0.29, 0.717) is 22.6 Å². The molecule has 0 aromatic heterocycles. The summed E-state index contributed by atoms with van der Waals surface area (Å²) < 4.78 is 5.10. The van der Waals surface area contributed by atoms with Gasteiger partial charge in [-0.05, 0) is 18.2 Å². The zero-order valence-corrected chi connectivity index (χ0v) is 8.67. The fraction of sp³-hybridized carbons (Fsp3) is 0.182. The van der Waals surface area contributed by atoms with Crippen LogP contribution in [0, 0.1) is 11.8 Å². The summed E-state index contributed by atoms with van der Waals surface area (Å²) in [4.78, 5) is 10.5. The molecule has 1 rings (SSSR count). The van der Waals surface area contributed by atoms with Crippen molar-refractivity contribution in [1.82, 2.24) is 0 Å². The molecule has 0 spiro atoms. The summed E-state index contributed by atoms with van der Waals surface area (Å²) in [7, 11) is 1.57. The Hall–Kier alpha value is -1.40. The predicted octanol–water partition coefficient (Wildman–Crippen LogP) is 1.79. The Morgan fingerprint density at radius 2 is 2.36 bits per heavy atom. The van der Waals surface area contributed by atoms with Gasteiger partial charge in [-0.3, -0.25) is 4.79 Å². The molecule has 1 aromatic carbocycles. The van der Waals surface area contributed by atoms with Crippen LogP contribution in [0.1, 0.15) is 15.9 Å². The average Bonchev–Trinajstić information content (AvgIpc) is 2.25. The summed E-state index contributed by atoms with van der Waals surface area (Å²) in [5.41, 5.74) is 1.31. The van der Waals surface area contributed by atoms with E-state index in [0.717, 1.165) is 6.29 Å². The van der Waals surface area contributed by atoms with E-state index >= 15 is 0 Å². The van der Waals surface area contributed by atoms with Crippen molar-refractivity contribution in [3.05, 3.63) is 29.3 Å². The summed E-state index contributed by atoms with van der Waals surface area (Å²) in [6, 6.07) is 5.12. The molecule has 0 unspecified atom stereocenters. The van der Waals surface area contributed by atoms with Gasteiger partial charge in [0, 0.05) is 5.56 Å². The van der Waals surface area contributed by atoms with E-state index in [1.807, 2.05) is 0 Å². The van der Waals surface area contributed by atoms with Gasteiger partial charge in [-0.25, -0.2) is 0 Å². The Kier molecular flexibility index (Phi) is 4.09. The first-order valence-electron chi connectivity index (χ1n) is 4.04. The van der Waals surface area contributed by atoms with E-state index < -0.39 is 0 Å². The number of hydrogen-bond donors (Lipinski definition) is 1. The molecule has 0 atom stereocenters. The Morgan fingerprint density at radius 3 is 2.93 bits per heavy atom. The van der Waals surface area contributed by atoms with Gasteiger partial charge in [0.15, 0.2) is 0 Å². The van der Waals surface area contributed by atoms with Gasteiger partial charge in [0.1, 0.15) is 12.0 Å². The smallest absolute Gasteiger partial charge is 0.150 e. The molecule has 14 heavy (non-hydrogen) atoms. The van der Waals surface area contributed by atoms with Gasteiger partial charge in [0.2, 0.25) is 0 Å². The second-order valence-electron chi connectivity index (χ2n) is 2.54. The summed E-state index contributed by atoms with van der Waals surface area (Å²) in [5, 5.41) is 0. The van der Waals surface area contributed by atoms with Gasteiger partial charge in [0.05, 0.1) is 18.4 Å². The van der Waals surface area contributed by atoms with E-state index in [1.54, 1.807) is 25.3 Å². The number of benzene rings is 1. The van der Waals surface area contributed by atoms with E-state index in [4.69, 9.17) is 4.74 Å². The second-order valence-corrected chi connectivity index (χ2v) is 2.85. The van der Waals surface area contributed by atoms with Crippen LogP contribution in [0.2, 0.25) is 0 Å². The molecular formula is C11H10O2S. The van der Waals surface area contributed by atoms with Crippen molar-refractivity contribution in [1.29, 1.82) is 0 Å². The molecule has 0 radical (unpaired) electrons. The third-order valence-corrected chi connectivity index (χ3v) is 1.82. The SMILES string of the molecule is COc1ccc(C=O)cc1C#CCS. The lowest BCUT2D eigenvalue weighted by atomic mass is 10.1. The molecule has 0 bridgehead atoms. The van der Waals surface area contributed by atoms with Crippen LogP contribution in [0.4, 0.5) is 0 Å². The number of carbonyl (C=O) groups excluding carboxylic acids is 1. The first kappa shape index (κ1) is 10.7. The second kappa shape index (κ2) is 5.36. The lowest BCUT2D eigenvalue weighted by Crippen LogP contribution is -1.90. The van der Waals surface area contributed by atoms with E-state index in [9.17, 15) is 4.79 Å². The molecule has 0 aliphatic rings. The van der Waals surface area contributed by atoms with E-state index in [-0.39, 0.29) is 0 Å². The van der Waals surface area contributed by atoms with Gasteiger partial charge in [-0.1, -0.05) is 11.8 Å². The van der Waals surface area contributed by atoms with Crippen molar-refractivity contribution >= 4 is 18.9 Å². The molecule has 2 nitrogen and oxygen atoms in total. The Morgan fingerprint density at radius 1 is 1.57 bits per heavy atom. The fourth-order valence-corrected chi connectivity index (χ4v) is 1.11. The van der Waals surface area contributed by atoms with Crippen LogP contribution in [0.25, 0.3) is 0 Å². The number of methoxy groups -OCH3 is 1. The maximum absolute atomic E-state index is 10.5. The van der Waals surface area contributed by atoms with Crippen LogP contribution in [0.5, 0.6) is 5.75 Å². The summed E-state index contributed by atoms with van der Waals surface area (Å²) >= 11 is 3.98. The zero-order valence-electron chi connectivity index (χ0n) is 7.78. The largest absolute Gasteiger partial charge is 0.495 e. The van der Waals surface area contributed by atoms with Crippen molar-refractivity contribution < 1.29 is 9.53 Å². The summed E-state index contributed by atoms with van der Waals surface area (Å²) in [6.45, 7) is 0. The first-order valence-corrected chi connectivity index (χ1v) is 4.68. The van der Waals surface area contributed by atoms with Crippen molar-refractivity contribution in [2.75, 3.05) is 12.9 Å². The number of thiol groups is 1. The number of ether oxygens (including phenoxy) is 1. The fourth-order valence-electron chi connectivity index (χ4n) is 1.03. The minimum atomic E-state index is 0.481. The van der Waals surface area contributed by atoms with Crippen LogP contribution in [-0.4, -0.2) is 19.1 Å². The minimum Gasteiger partial charge on any atom is -0.495 e. The average molecular weight is 206 g/mol. The van der Waals surface area contributed by atoms with Crippen LogP contribution >= 0.6 is 12.6 Å². The maximum Gasteiger partial charge on any atom is 0.150 e. The Balaban J connectivity index is 3.14. The number of hydrogen-bond acceptors (Lipinski definition) is 3. The van der Waals surface area contributed by atoms with Crippen LogP contribution in [-0.2, 0) is 0 Å². The van der Waals surface area contributed by atoms with Crippen LogP contribution < -0.4 is 4.74 Å². The van der Waals surface area contributed by atoms with Crippen LogP contribution in [0.3, 0.4) is 0 Å². The third-order valence-electron chi connectivity index (χ3n) is 1.66. The molecule has 0 N–H and O–H groups in total. The molecule has 0 aliphatic heterocycles. The van der Waals surface area contributed by atoms with Gasteiger partial charge in [-0.15, -0.1) is 0 Å². The molecule has 3 heteroatoms. The molecule has 0 saturated carbocycles. The van der Waals surface area contributed by atoms with Gasteiger partial charge >= 0.3 is 0 Å². The van der Waals surface area contributed by atoms with Crippen molar-refractivity contribution in [3.63, 3.8) is 0 Å². The molecular weight excluding hydrogens is 196 g/mol. The van der Waals surface area contributed by atoms with E-state index in [1.165, 1.54) is 0 Å². The Labute approximate surface area is 88.7 Å². The highest BCUT2D eigenvalue weighted by molar-refractivity contribution is 7.80. The van der Waals surface area contributed by atoms with E-state index in [2.05, 4.69) is 24.5 Å². The maximum atomic E-state index is 10.5. The monoisotopic (exact) mass is 206 g/mol. The summed E-state index contributed by atoms with van der Waals surface area (Å²) in [5.74, 6) is 6.84. The van der Waals surface area contributed by atoms with Gasteiger partial charge in [-0.2, -0.15) is 12.6 Å². The standard InChI is InChI=1S/C11H10O2S/c1-13-11-5-4-9(8-12)7-10(11)3-2-6-14/h4-5,7-8,14H,6H2,1H3. The van der Waals surface area contributed by atoms with Gasteiger partial charge in [0.25, 0.3) is 0 Å². The molecule has 72 valence electrons. The normalized spacial score (nSPS) is 8.71. The number of aldehydes is 1. The zero-order chi connectivity index (χ0) is 10.4. The highest BCUT2D eigenvalue weighted by atomic mass is 32.1. The Bertz CT molecular complexity index is 388. The number of carbonyl (C=O) groups is 1. The number of rotatable bonds is 2. The van der Waals surface area contributed by atoms with Crippen molar-refractivity contribution in [2.45, 2.75) is 0 Å².